The highest BCUT2D eigenvalue weighted by Crippen LogP contribution is 2.34. The van der Waals surface area contributed by atoms with Gasteiger partial charge in [0.1, 0.15) is 11.4 Å². The van der Waals surface area contributed by atoms with E-state index < -0.39 is 10.8 Å². The summed E-state index contributed by atoms with van der Waals surface area (Å²) in [5.74, 6) is -0.226. The number of rotatable bonds is 8. The number of hydrogen-bond donors (Lipinski definition) is 2. The fraction of sp³-hybridized carbons (Fsp3) is 0.333. The van der Waals surface area contributed by atoms with Gasteiger partial charge in [0.25, 0.3) is 5.69 Å². The molecule has 30 heavy (non-hydrogen) atoms. The highest BCUT2D eigenvalue weighted by molar-refractivity contribution is 6.01. The van der Waals surface area contributed by atoms with Gasteiger partial charge in [0, 0.05) is 32.1 Å². The first-order valence-corrected chi connectivity index (χ1v) is 9.60. The van der Waals surface area contributed by atoms with Gasteiger partial charge in [-0.25, -0.2) is 0 Å². The molecular formula is C21H24N4O5. The van der Waals surface area contributed by atoms with E-state index in [-0.39, 0.29) is 37.0 Å². The van der Waals surface area contributed by atoms with Crippen molar-refractivity contribution in [3.63, 3.8) is 0 Å². The molecule has 0 radical (unpaired) electrons. The van der Waals surface area contributed by atoms with Gasteiger partial charge in [-0.3, -0.25) is 19.7 Å². The second kappa shape index (κ2) is 9.25. The van der Waals surface area contributed by atoms with Crippen LogP contribution in [0, 0.1) is 23.0 Å². The van der Waals surface area contributed by atoms with Crippen molar-refractivity contribution in [2.75, 3.05) is 37.0 Å². The number of aryl methyl sites for hydroxylation is 1. The first-order chi connectivity index (χ1) is 14.4. The van der Waals surface area contributed by atoms with Crippen molar-refractivity contribution >= 4 is 28.9 Å². The second-order valence-electron chi connectivity index (χ2n) is 7.07. The normalized spacial score (nSPS) is 15.7. The summed E-state index contributed by atoms with van der Waals surface area (Å²) in [6, 6.07) is 11.9. The number of para-hydroxylation sites is 2. The van der Waals surface area contributed by atoms with Crippen molar-refractivity contribution in [2.24, 2.45) is 5.92 Å². The van der Waals surface area contributed by atoms with Gasteiger partial charge in [0.2, 0.25) is 11.8 Å². The summed E-state index contributed by atoms with van der Waals surface area (Å²) < 4.78 is 5.35. The molecule has 0 aromatic heterocycles. The van der Waals surface area contributed by atoms with Crippen molar-refractivity contribution in [3.8, 4) is 5.75 Å². The molecule has 1 atom stereocenters. The Labute approximate surface area is 174 Å². The summed E-state index contributed by atoms with van der Waals surface area (Å²) >= 11 is 0. The van der Waals surface area contributed by atoms with Crippen molar-refractivity contribution in [1.82, 2.24) is 5.32 Å². The van der Waals surface area contributed by atoms with Gasteiger partial charge in [-0.15, -0.1) is 0 Å². The van der Waals surface area contributed by atoms with Crippen molar-refractivity contribution in [1.29, 1.82) is 0 Å². The van der Waals surface area contributed by atoms with Crippen LogP contribution < -0.4 is 20.3 Å². The number of nitrogens with zero attached hydrogens (tertiary/aromatic N) is 2. The Bertz CT molecular complexity index is 962. The molecule has 2 aromatic carbocycles. The van der Waals surface area contributed by atoms with Gasteiger partial charge >= 0.3 is 0 Å². The molecule has 1 fully saturated rings. The molecule has 1 aliphatic heterocycles. The number of nitrogens with one attached hydrogen (secondary N) is 2. The Morgan fingerprint density at radius 2 is 2.03 bits per heavy atom. The SMILES string of the molecule is COc1ccc(C)cc1N1CC(C(=O)NCCNc2ccccc2[N+](=O)[O-])CC1=O. The van der Waals surface area contributed by atoms with E-state index in [0.717, 1.165) is 5.56 Å². The lowest BCUT2D eigenvalue weighted by Gasteiger charge is -2.20. The third kappa shape index (κ3) is 4.68. The highest BCUT2D eigenvalue weighted by atomic mass is 16.6. The average Bonchev–Trinajstić information content (AvgIpc) is 3.12. The molecule has 0 saturated carbocycles. The van der Waals surface area contributed by atoms with Crippen molar-refractivity contribution in [3.05, 3.63) is 58.1 Å². The Hall–Kier alpha value is -3.62. The summed E-state index contributed by atoms with van der Waals surface area (Å²) in [6.07, 6.45) is 0.126. The second-order valence-corrected chi connectivity index (χ2v) is 7.07. The van der Waals surface area contributed by atoms with Crippen LogP contribution in [0.3, 0.4) is 0 Å². The molecule has 1 saturated heterocycles. The van der Waals surface area contributed by atoms with E-state index in [1.165, 1.54) is 6.07 Å². The standard InChI is InChI=1S/C21H24N4O5/c1-14-7-8-19(30-2)18(11-14)24-13-15(12-20(24)26)21(27)23-10-9-22-16-5-3-4-6-17(16)25(28)29/h3-8,11,15,22H,9-10,12-13H2,1-2H3,(H,23,27). The quantitative estimate of drug-likeness (QED) is 0.391. The van der Waals surface area contributed by atoms with Crippen LogP contribution >= 0.6 is 0 Å². The van der Waals surface area contributed by atoms with Gasteiger partial charge in [0.15, 0.2) is 0 Å². The van der Waals surface area contributed by atoms with E-state index in [0.29, 0.717) is 23.7 Å². The lowest BCUT2D eigenvalue weighted by Crippen LogP contribution is -2.35. The van der Waals surface area contributed by atoms with E-state index in [1.54, 1.807) is 36.3 Å². The Morgan fingerprint density at radius 3 is 2.77 bits per heavy atom. The molecule has 9 heteroatoms. The number of carbonyl (C=O) groups is 2. The van der Waals surface area contributed by atoms with Crippen LogP contribution in [0.2, 0.25) is 0 Å². The molecule has 2 N–H and O–H groups in total. The number of benzene rings is 2. The molecule has 3 rings (SSSR count). The van der Waals surface area contributed by atoms with Crippen molar-refractivity contribution < 1.29 is 19.2 Å². The molecule has 0 spiro atoms. The fourth-order valence-electron chi connectivity index (χ4n) is 3.44. The van der Waals surface area contributed by atoms with Crippen LogP contribution in [0.25, 0.3) is 0 Å². The monoisotopic (exact) mass is 412 g/mol. The molecule has 0 bridgehead atoms. The number of ether oxygens (including phenoxy) is 1. The summed E-state index contributed by atoms with van der Waals surface area (Å²) in [4.78, 5) is 37.2. The zero-order chi connectivity index (χ0) is 21.7. The Balaban J connectivity index is 1.54. The predicted octanol–water partition coefficient (Wildman–Crippen LogP) is 2.49. The molecule has 1 unspecified atom stereocenters. The number of carbonyl (C=O) groups excluding carboxylic acids is 2. The van der Waals surface area contributed by atoms with Crippen LogP contribution in [0.15, 0.2) is 42.5 Å². The van der Waals surface area contributed by atoms with Crippen molar-refractivity contribution in [2.45, 2.75) is 13.3 Å². The van der Waals surface area contributed by atoms with E-state index >= 15 is 0 Å². The zero-order valence-electron chi connectivity index (χ0n) is 16.9. The van der Waals surface area contributed by atoms with E-state index in [4.69, 9.17) is 4.74 Å². The lowest BCUT2D eigenvalue weighted by molar-refractivity contribution is -0.384. The minimum Gasteiger partial charge on any atom is -0.495 e. The minimum absolute atomic E-state index is 0.0204. The summed E-state index contributed by atoms with van der Waals surface area (Å²) in [7, 11) is 1.54. The van der Waals surface area contributed by atoms with Crippen LogP contribution in [0.1, 0.15) is 12.0 Å². The molecule has 9 nitrogen and oxygen atoms in total. The maximum Gasteiger partial charge on any atom is 0.292 e. The van der Waals surface area contributed by atoms with Crippen LogP contribution in [-0.2, 0) is 9.59 Å². The number of methoxy groups -OCH3 is 1. The van der Waals surface area contributed by atoms with E-state index in [2.05, 4.69) is 10.6 Å². The molecule has 158 valence electrons. The maximum absolute atomic E-state index is 12.5. The first-order valence-electron chi connectivity index (χ1n) is 9.60. The van der Waals surface area contributed by atoms with Gasteiger partial charge in [-0.1, -0.05) is 18.2 Å². The van der Waals surface area contributed by atoms with Gasteiger partial charge in [-0.05, 0) is 30.7 Å². The highest BCUT2D eigenvalue weighted by Gasteiger charge is 2.36. The molecule has 1 heterocycles. The third-order valence-electron chi connectivity index (χ3n) is 4.96. The molecular weight excluding hydrogens is 388 g/mol. The van der Waals surface area contributed by atoms with E-state index in [1.807, 2.05) is 19.1 Å². The summed E-state index contributed by atoms with van der Waals surface area (Å²) in [5, 5.41) is 16.8. The third-order valence-corrected chi connectivity index (χ3v) is 4.96. The Morgan fingerprint density at radius 1 is 1.27 bits per heavy atom. The Kier molecular flexibility index (Phi) is 6.51. The summed E-state index contributed by atoms with van der Waals surface area (Å²) in [5.41, 5.74) is 2.03. The molecule has 2 aromatic rings. The van der Waals surface area contributed by atoms with E-state index in [9.17, 15) is 19.7 Å². The van der Waals surface area contributed by atoms with Gasteiger partial charge in [0.05, 0.1) is 23.6 Å². The van der Waals surface area contributed by atoms with Crippen LogP contribution in [-0.4, -0.2) is 43.5 Å². The zero-order valence-corrected chi connectivity index (χ0v) is 16.9. The topological polar surface area (TPSA) is 114 Å². The number of nitro groups is 1. The number of nitro benzene ring substituents is 1. The maximum atomic E-state index is 12.5. The number of amides is 2. The van der Waals surface area contributed by atoms with Gasteiger partial charge < -0.3 is 20.3 Å². The molecule has 0 aliphatic carbocycles. The van der Waals surface area contributed by atoms with Crippen LogP contribution in [0.4, 0.5) is 17.1 Å². The largest absolute Gasteiger partial charge is 0.495 e. The number of hydrogen-bond acceptors (Lipinski definition) is 6. The van der Waals surface area contributed by atoms with Gasteiger partial charge in [-0.2, -0.15) is 0 Å². The first kappa shape index (κ1) is 21.1. The lowest BCUT2D eigenvalue weighted by atomic mass is 10.1. The predicted molar refractivity (Wildman–Crippen MR) is 113 cm³/mol. The summed E-state index contributed by atoms with van der Waals surface area (Å²) in [6.45, 7) is 2.82. The molecule has 2 amide bonds. The average molecular weight is 412 g/mol. The minimum atomic E-state index is -0.464. The number of anilines is 2. The smallest absolute Gasteiger partial charge is 0.292 e. The molecule has 1 aliphatic rings. The van der Waals surface area contributed by atoms with Crippen LogP contribution in [0.5, 0.6) is 5.75 Å². The fourth-order valence-corrected chi connectivity index (χ4v) is 3.44.